The van der Waals surface area contributed by atoms with E-state index < -0.39 is 0 Å². The molecule has 3 nitrogen and oxygen atoms in total. The lowest BCUT2D eigenvalue weighted by molar-refractivity contribution is 0.501. The minimum atomic E-state index is 0. The van der Waals surface area contributed by atoms with Gasteiger partial charge in [0, 0.05) is 25.3 Å². The highest BCUT2D eigenvalue weighted by molar-refractivity contribution is 5.85. The number of piperidine rings is 1. The minimum Gasteiger partial charge on any atom is -0.370 e. The van der Waals surface area contributed by atoms with Gasteiger partial charge in [-0.2, -0.15) is 0 Å². The van der Waals surface area contributed by atoms with Crippen molar-refractivity contribution in [2.75, 3.05) is 18.0 Å². The third kappa shape index (κ3) is 3.86. The van der Waals surface area contributed by atoms with Crippen LogP contribution in [0.15, 0.2) is 24.5 Å². The molecule has 86 valence electrons. The molecule has 0 bridgehead atoms. The predicted molar refractivity (Wildman–Crippen MR) is 68.2 cm³/mol. The maximum absolute atomic E-state index is 5.83. The summed E-state index contributed by atoms with van der Waals surface area (Å²) in [5.74, 6) is 0. The average molecular weight is 250 g/mol. The molecule has 2 N–H and O–H groups in total. The molecule has 1 aromatic rings. The Balaban J connectivity index is 0.000000980. The van der Waals surface area contributed by atoms with Crippen molar-refractivity contribution < 1.29 is 0 Å². The first-order chi connectivity index (χ1) is 6.36. The summed E-state index contributed by atoms with van der Waals surface area (Å²) in [6.45, 7) is 2.12. The summed E-state index contributed by atoms with van der Waals surface area (Å²) in [7, 11) is 0. The summed E-state index contributed by atoms with van der Waals surface area (Å²) in [5, 5.41) is 0. The van der Waals surface area contributed by atoms with Crippen LogP contribution in [0.5, 0.6) is 0 Å². The molecular weight excluding hydrogens is 233 g/mol. The lowest BCUT2D eigenvalue weighted by atomic mass is 10.1. The molecule has 0 saturated carbocycles. The Bertz CT molecular complexity index is 261. The van der Waals surface area contributed by atoms with E-state index in [1.807, 2.05) is 12.3 Å². The summed E-state index contributed by atoms with van der Waals surface area (Å²) in [4.78, 5) is 6.45. The van der Waals surface area contributed by atoms with E-state index in [1.54, 1.807) is 6.20 Å². The molecule has 1 fully saturated rings. The molecule has 15 heavy (non-hydrogen) atoms. The number of nitrogens with two attached hydrogens (primary N) is 1. The molecule has 1 aliphatic heterocycles. The Kier molecular flexibility index (Phi) is 6.65. The summed E-state index contributed by atoms with van der Waals surface area (Å²) >= 11 is 0. The van der Waals surface area contributed by atoms with Gasteiger partial charge in [-0.15, -0.1) is 24.8 Å². The van der Waals surface area contributed by atoms with Crippen LogP contribution < -0.4 is 10.6 Å². The van der Waals surface area contributed by atoms with E-state index in [2.05, 4.69) is 16.0 Å². The van der Waals surface area contributed by atoms with Gasteiger partial charge in [-0.05, 0) is 25.0 Å². The summed E-state index contributed by atoms with van der Waals surface area (Å²) in [6, 6.07) is 4.47. The van der Waals surface area contributed by atoms with Crippen molar-refractivity contribution in [3.8, 4) is 0 Å². The lowest BCUT2D eigenvalue weighted by Crippen LogP contribution is -2.39. The maximum Gasteiger partial charge on any atom is 0.0552 e. The zero-order valence-corrected chi connectivity index (χ0v) is 10.1. The lowest BCUT2D eigenvalue weighted by Gasteiger charge is -2.31. The zero-order chi connectivity index (χ0) is 9.10. The van der Waals surface area contributed by atoms with E-state index >= 15 is 0 Å². The molecule has 0 aliphatic carbocycles. The fourth-order valence-electron chi connectivity index (χ4n) is 1.70. The molecule has 1 aliphatic rings. The third-order valence-electron chi connectivity index (χ3n) is 2.55. The van der Waals surface area contributed by atoms with Crippen LogP contribution in [0.1, 0.15) is 12.8 Å². The van der Waals surface area contributed by atoms with Crippen molar-refractivity contribution in [2.45, 2.75) is 18.9 Å². The molecular formula is C10H17Cl2N3. The molecule has 1 saturated heterocycles. The summed E-state index contributed by atoms with van der Waals surface area (Å²) < 4.78 is 0. The molecule has 0 radical (unpaired) electrons. The molecule has 1 aromatic heterocycles. The van der Waals surface area contributed by atoms with E-state index in [4.69, 9.17) is 5.73 Å². The molecule has 5 heteroatoms. The van der Waals surface area contributed by atoms with Gasteiger partial charge in [0.05, 0.1) is 11.9 Å². The third-order valence-corrected chi connectivity index (χ3v) is 2.55. The number of aromatic nitrogens is 1. The number of halogens is 2. The Morgan fingerprint density at radius 3 is 2.47 bits per heavy atom. The number of anilines is 1. The second kappa shape index (κ2) is 6.88. The van der Waals surface area contributed by atoms with E-state index in [-0.39, 0.29) is 24.8 Å². The van der Waals surface area contributed by atoms with E-state index in [9.17, 15) is 0 Å². The van der Waals surface area contributed by atoms with E-state index in [1.165, 1.54) is 5.69 Å². The number of rotatable bonds is 1. The van der Waals surface area contributed by atoms with Gasteiger partial charge in [0.25, 0.3) is 0 Å². The van der Waals surface area contributed by atoms with Gasteiger partial charge < -0.3 is 10.6 Å². The number of nitrogens with zero attached hydrogens (tertiary/aromatic N) is 2. The van der Waals surface area contributed by atoms with Crippen LogP contribution in [0.25, 0.3) is 0 Å². The van der Waals surface area contributed by atoms with Crippen LogP contribution in [0.3, 0.4) is 0 Å². The SMILES string of the molecule is Cl.Cl.NC1CCN(c2cccnc2)CC1. The number of hydrogen-bond donors (Lipinski definition) is 1. The Hall–Kier alpha value is -0.510. The predicted octanol–water partition coefficient (Wildman–Crippen LogP) is 1.85. The van der Waals surface area contributed by atoms with Gasteiger partial charge in [0.15, 0.2) is 0 Å². The quantitative estimate of drug-likeness (QED) is 0.827. The van der Waals surface area contributed by atoms with Gasteiger partial charge in [-0.3, -0.25) is 4.98 Å². The smallest absolute Gasteiger partial charge is 0.0552 e. The van der Waals surface area contributed by atoms with Gasteiger partial charge in [-0.25, -0.2) is 0 Å². The van der Waals surface area contributed by atoms with Crippen molar-refractivity contribution >= 4 is 30.5 Å². The first kappa shape index (κ1) is 14.5. The van der Waals surface area contributed by atoms with Crippen molar-refractivity contribution in [3.63, 3.8) is 0 Å². The molecule has 0 atom stereocenters. The Labute approximate surface area is 103 Å². The fraction of sp³-hybridized carbons (Fsp3) is 0.500. The van der Waals surface area contributed by atoms with Crippen LogP contribution in [0.4, 0.5) is 5.69 Å². The Morgan fingerprint density at radius 2 is 1.93 bits per heavy atom. The van der Waals surface area contributed by atoms with Crippen LogP contribution in [-0.2, 0) is 0 Å². The summed E-state index contributed by atoms with van der Waals surface area (Å²) in [6.07, 6.45) is 5.90. The maximum atomic E-state index is 5.83. The topological polar surface area (TPSA) is 42.1 Å². The monoisotopic (exact) mass is 249 g/mol. The molecule has 0 unspecified atom stereocenters. The van der Waals surface area contributed by atoms with Crippen molar-refractivity contribution in [1.29, 1.82) is 0 Å². The van der Waals surface area contributed by atoms with Crippen LogP contribution >= 0.6 is 24.8 Å². The van der Waals surface area contributed by atoms with Crippen LogP contribution in [0.2, 0.25) is 0 Å². The highest BCUT2D eigenvalue weighted by Crippen LogP contribution is 2.17. The van der Waals surface area contributed by atoms with E-state index in [0.717, 1.165) is 25.9 Å². The van der Waals surface area contributed by atoms with Gasteiger partial charge >= 0.3 is 0 Å². The zero-order valence-electron chi connectivity index (χ0n) is 8.50. The minimum absolute atomic E-state index is 0. The normalized spacial score (nSPS) is 16.5. The summed E-state index contributed by atoms with van der Waals surface area (Å²) in [5.41, 5.74) is 7.05. The first-order valence-electron chi connectivity index (χ1n) is 4.77. The first-order valence-corrected chi connectivity index (χ1v) is 4.77. The molecule has 0 spiro atoms. The number of pyridine rings is 1. The second-order valence-corrected chi connectivity index (χ2v) is 3.54. The van der Waals surface area contributed by atoms with Crippen molar-refractivity contribution in [1.82, 2.24) is 4.98 Å². The average Bonchev–Trinajstić information content (AvgIpc) is 2.20. The van der Waals surface area contributed by atoms with Crippen molar-refractivity contribution in [2.24, 2.45) is 5.73 Å². The van der Waals surface area contributed by atoms with Gasteiger partial charge in [0.1, 0.15) is 0 Å². The molecule has 2 heterocycles. The highest BCUT2D eigenvalue weighted by Gasteiger charge is 2.15. The fourth-order valence-corrected chi connectivity index (χ4v) is 1.70. The standard InChI is InChI=1S/C10H15N3.2ClH/c11-9-3-6-13(7-4-9)10-2-1-5-12-8-10;;/h1-2,5,8-9H,3-4,6-7,11H2;2*1H. The Morgan fingerprint density at radius 1 is 1.27 bits per heavy atom. The van der Waals surface area contributed by atoms with Crippen LogP contribution in [-0.4, -0.2) is 24.1 Å². The van der Waals surface area contributed by atoms with Gasteiger partial charge in [-0.1, -0.05) is 0 Å². The molecule has 2 rings (SSSR count). The molecule has 0 aromatic carbocycles. The largest absolute Gasteiger partial charge is 0.370 e. The van der Waals surface area contributed by atoms with Crippen LogP contribution in [0, 0.1) is 0 Å². The van der Waals surface area contributed by atoms with E-state index in [0.29, 0.717) is 6.04 Å². The number of hydrogen-bond acceptors (Lipinski definition) is 3. The second-order valence-electron chi connectivity index (χ2n) is 3.54. The highest BCUT2D eigenvalue weighted by atomic mass is 35.5. The molecule has 0 amide bonds. The van der Waals surface area contributed by atoms with Gasteiger partial charge in [0.2, 0.25) is 0 Å². The van der Waals surface area contributed by atoms with Crippen molar-refractivity contribution in [3.05, 3.63) is 24.5 Å².